The Morgan fingerprint density at radius 3 is 2.89 bits per heavy atom. The van der Waals surface area contributed by atoms with Gasteiger partial charge in [-0.25, -0.2) is 9.78 Å². The van der Waals surface area contributed by atoms with Crippen molar-refractivity contribution < 1.29 is 4.79 Å². The number of aryl methyl sites for hydroxylation is 2. The highest BCUT2D eigenvalue weighted by atomic mass is 32.1. The summed E-state index contributed by atoms with van der Waals surface area (Å²) in [5.41, 5.74) is 4.48. The van der Waals surface area contributed by atoms with Crippen LogP contribution in [-0.2, 0) is 13.6 Å². The van der Waals surface area contributed by atoms with E-state index in [9.17, 15) is 4.79 Å². The number of anilines is 1. The predicted molar refractivity (Wildman–Crippen MR) is 107 cm³/mol. The Morgan fingerprint density at radius 1 is 1.19 bits per heavy atom. The van der Waals surface area contributed by atoms with Crippen molar-refractivity contribution in [2.75, 3.05) is 5.32 Å². The van der Waals surface area contributed by atoms with Gasteiger partial charge in [0.1, 0.15) is 0 Å². The highest BCUT2D eigenvalue weighted by Crippen LogP contribution is 2.24. The van der Waals surface area contributed by atoms with E-state index in [1.807, 2.05) is 44.4 Å². The van der Waals surface area contributed by atoms with Gasteiger partial charge in [-0.15, -0.1) is 11.3 Å². The third kappa shape index (κ3) is 3.95. The number of thiazole rings is 1. The fourth-order valence-electron chi connectivity index (χ4n) is 2.79. The maximum atomic E-state index is 12.2. The van der Waals surface area contributed by atoms with Crippen LogP contribution in [0.1, 0.15) is 10.6 Å². The zero-order valence-electron chi connectivity index (χ0n) is 14.9. The van der Waals surface area contributed by atoms with Crippen molar-refractivity contribution >= 4 is 33.3 Å². The summed E-state index contributed by atoms with van der Waals surface area (Å²) in [6.45, 7) is 2.35. The summed E-state index contributed by atoms with van der Waals surface area (Å²) in [6.07, 6.45) is 7.24. The van der Waals surface area contributed by atoms with E-state index < -0.39 is 0 Å². The van der Waals surface area contributed by atoms with Crippen LogP contribution < -0.4 is 10.6 Å². The number of fused-ring (bicyclic) bond motifs is 1. The minimum atomic E-state index is -0.270. The lowest BCUT2D eigenvalue weighted by molar-refractivity contribution is 0.251. The number of nitrogens with one attached hydrogen (secondary N) is 2. The van der Waals surface area contributed by atoms with Crippen LogP contribution >= 0.6 is 11.3 Å². The number of rotatable bonds is 4. The molecular weight excluding hydrogens is 360 g/mol. The van der Waals surface area contributed by atoms with Crippen LogP contribution in [0.3, 0.4) is 0 Å². The summed E-state index contributed by atoms with van der Waals surface area (Å²) < 4.78 is 2.85. The van der Waals surface area contributed by atoms with E-state index in [0.29, 0.717) is 12.2 Å². The molecule has 8 heteroatoms. The lowest BCUT2D eigenvalue weighted by Crippen LogP contribution is -2.28. The summed E-state index contributed by atoms with van der Waals surface area (Å²) in [4.78, 5) is 20.9. The molecule has 136 valence electrons. The molecule has 27 heavy (non-hydrogen) atoms. The quantitative estimate of drug-likeness (QED) is 0.567. The molecule has 4 aromatic rings. The van der Waals surface area contributed by atoms with Gasteiger partial charge in [-0.3, -0.25) is 9.67 Å². The average molecular weight is 378 g/mol. The molecule has 2 amide bonds. The van der Waals surface area contributed by atoms with Crippen LogP contribution in [0.15, 0.2) is 49.1 Å². The number of aromatic nitrogens is 4. The molecule has 2 N–H and O–H groups in total. The molecule has 0 saturated carbocycles. The lowest BCUT2D eigenvalue weighted by Gasteiger charge is -2.08. The van der Waals surface area contributed by atoms with E-state index in [0.717, 1.165) is 31.9 Å². The third-order valence-electron chi connectivity index (χ3n) is 4.04. The summed E-state index contributed by atoms with van der Waals surface area (Å²) >= 11 is 1.64. The molecule has 0 bridgehead atoms. The number of hydrogen-bond donors (Lipinski definition) is 2. The van der Waals surface area contributed by atoms with E-state index in [1.54, 1.807) is 34.6 Å². The first kappa shape index (κ1) is 17.2. The molecule has 0 atom stereocenters. The third-order valence-corrected chi connectivity index (χ3v) is 4.99. The molecule has 0 aliphatic heterocycles. The summed E-state index contributed by atoms with van der Waals surface area (Å²) in [5.74, 6) is 0. The maximum absolute atomic E-state index is 12.2. The molecule has 7 nitrogen and oxygen atoms in total. The van der Waals surface area contributed by atoms with Gasteiger partial charge in [0.2, 0.25) is 0 Å². The highest BCUT2D eigenvalue weighted by molar-refractivity contribution is 7.18. The van der Waals surface area contributed by atoms with Gasteiger partial charge in [0.15, 0.2) is 0 Å². The molecule has 3 aromatic heterocycles. The van der Waals surface area contributed by atoms with E-state index >= 15 is 0 Å². The Kier molecular flexibility index (Phi) is 4.55. The van der Waals surface area contributed by atoms with Gasteiger partial charge in [0.25, 0.3) is 0 Å². The number of carbonyl (C=O) groups is 1. The van der Waals surface area contributed by atoms with Crippen LogP contribution in [0.25, 0.3) is 21.3 Å². The minimum absolute atomic E-state index is 0.270. The van der Waals surface area contributed by atoms with Crippen LogP contribution in [-0.4, -0.2) is 25.8 Å². The molecule has 4 rings (SSSR count). The van der Waals surface area contributed by atoms with E-state index in [4.69, 9.17) is 0 Å². The van der Waals surface area contributed by atoms with Crippen molar-refractivity contribution in [2.24, 2.45) is 7.05 Å². The smallest absolute Gasteiger partial charge is 0.319 e. The van der Waals surface area contributed by atoms with Crippen LogP contribution in [0, 0.1) is 6.92 Å². The van der Waals surface area contributed by atoms with E-state index in [-0.39, 0.29) is 6.03 Å². The number of carbonyl (C=O) groups excluding carboxylic acids is 1. The molecule has 1 aromatic carbocycles. The maximum Gasteiger partial charge on any atom is 0.319 e. The number of pyridine rings is 1. The number of benzene rings is 1. The largest absolute Gasteiger partial charge is 0.334 e. The van der Waals surface area contributed by atoms with Gasteiger partial charge in [0, 0.05) is 49.0 Å². The van der Waals surface area contributed by atoms with Crippen molar-refractivity contribution in [2.45, 2.75) is 13.5 Å². The first-order valence-electron chi connectivity index (χ1n) is 8.42. The first-order chi connectivity index (χ1) is 13.1. The topological polar surface area (TPSA) is 84.7 Å². The van der Waals surface area contributed by atoms with Gasteiger partial charge >= 0.3 is 6.03 Å². The number of hydrogen-bond acceptors (Lipinski definition) is 5. The Balaban J connectivity index is 1.40. The van der Waals surface area contributed by atoms with Crippen molar-refractivity contribution in [3.63, 3.8) is 0 Å². The number of amides is 2. The van der Waals surface area contributed by atoms with E-state index in [2.05, 4.69) is 25.7 Å². The fraction of sp³-hybridized carbons (Fsp3) is 0.158. The SMILES string of the molecule is Cc1nc2cc(NC(=O)NCc3cncc(-c4cnn(C)c4)c3)ccc2s1. The number of nitrogens with zero attached hydrogens (tertiary/aromatic N) is 4. The normalized spacial score (nSPS) is 10.9. The Hall–Kier alpha value is -3.26. The lowest BCUT2D eigenvalue weighted by atomic mass is 10.1. The second-order valence-electron chi connectivity index (χ2n) is 6.21. The zero-order valence-corrected chi connectivity index (χ0v) is 15.7. The summed E-state index contributed by atoms with van der Waals surface area (Å²) in [5, 5.41) is 10.9. The summed E-state index contributed by atoms with van der Waals surface area (Å²) in [6, 6.07) is 7.45. The molecule has 0 fully saturated rings. The highest BCUT2D eigenvalue weighted by Gasteiger charge is 2.07. The molecule has 3 heterocycles. The van der Waals surface area contributed by atoms with Gasteiger partial charge in [-0.2, -0.15) is 5.10 Å². The predicted octanol–water partition coefficient (Wildman–Crippen LogP) is 3.72. The molecule has 0 aliphatic carbocycles. The van der Waals surface area contributed by atoms with Crippen LogP contribution in [0.4, 0.5) is 10.5 Å². The Bertz CT molecular complexity index is 1120. The van der Waals surface area contributed by atoms with Gasteiger partial charge in [-0.1, -0.05) is 0 Å². The van der Waals surface area contributed by atoms with Crippen LogP contribution in [0.5, 0.6) is 0 Å². The molecular formula is C19H18N6OS. The molecule has 0 saturated heterocycles. The minimum Gasteiger partial charge on any atom is -0.334 e. The molecule has 0 unspecified atom stereocenters. The Morgan fingerprint density at radius 2 is 2.07 bits per heavy atom. The average Bonchev–Trinajstić information content (AvgIpc) is 3.24. The monoisotopic (exact) mass is 378 g/mol. The first-order valence-corrected chi connectivity index (χ1v) is 9.23. The molecule has 0 radical (unpaired) electrons. The van der Waals surface area contributed by atoms with Gasteiger partial charge in [-0.05, 0) is 36.8 Å². The fourth-order valence-corrected chi connectivity index (χ4v) is 3.60. The second-order valence-corrected chi connectivity index (χ2v) is 7.44. The van der Waals surface area contributed by atoms with Crippen molar-refractivity contribution in [1.29, 1.82) is 0 Å². The molecule has 0 spiro atoms. The summed E-state index contributed by atoms with van der Waals surface area (Å²) in [7, 11) is 1.87. The number of urea groups is 1. The van der Waals surface area contributed by atoms with Gasteiger partial charge < -0.3 is 10.6 Å². The van der Waals surface area contributed by atoms with Gasteiger partial charge in [0.05, 0.1) is 21.4 Å². The molecule has 0 aliphatic rings. The van der Waals surface area contributed by atoms with Crippen molar-refractivity contribution in [3.05, 3.63) is 59.6 Å². The zero-order chi connectivity index (χ0) is 18.8. The van der Waals surface area contributed by atoms with Crippen LogP contribution in [0.2, 0.25) is 0 Å². The van der Waals surface area contributed by atoms with E-state index in [1.165, 1.54) is 0 Å². The van der Waals surface area contributed by atoms with Crippen molar-refractivity contribution in [1.82, 2.24) is 25.1 Å². The second kappa shape index (κ2) is 7.16. The Labute approximate surface area is 160 Å². The standard InChI is InChI=1S/C19H18N6OS/c1-12-23-17-6-16(3-4-18(17)27-12)24-19(26)21-8-13-5-14(9-20-7-13)15-10-22-25(2)11-15/h3-7,9-11H,8H2,1-2H3,(H2,21,24,26). The van der Waals surface area contributed by atoms with Crippen molar-refractivity contribution in [3.8, 4) is 11.1 Å².